The van der Waals surface area contributed by atoms with Gasteiger partial charge in [0.05, 0.1) is 26.5 Å². The fourth-order valence-electron chi connectivity index (χ4n) is 4.48. The maximum atomic E-state index is 13.4. The van der Waals surface area contributed by atoms with Gasteiger partial charge in [-0.2, -0.15) is 5.10 Å². The Morgan fingerprint density at radius 3 is 2.43 bits per heavy atom. The molecule has 1 atom stereocenters. The van der Waals surface area contributed by atoms with Crippen LogP contribution in [0, 0.1) is 6.92 Å². The van der Waals surface area contributed by atoms with Gasteiger partial charge in [0.1, 0.15) is 0 Å². The third-order valence-corrected chi connectivity index (χ3v) is 6.70. The number of carbonyl (C=O) groups is 1. The molecule has 1 aliphatic rings. The lowest BCUT2D eigenvalue weighted by molar-refractivity contribution is 0.0939. The van der Waals surface area contributed by atoms with Crippen molar-refractivity contribution >= 4 is 11.6 Å². The van der Waals surface area contributed by atoms with E-state index in [0.29, 0.717) is 17.1 Å². The van der Waals surface area contributed by atoms with Crippen LogP contribution in [-0.4, -0.2) is 68.0 Å². The molecule has 8 heteroatoms. The molecule has 1 aliphatic heterocycles. The number of methoxy groups -OCH3 is 2. The molecule has 0 unspecified atom stereocenters. The van der Waals surface area contributed by atoms with Crippen LogP contribution in [0.1, 0.15) is 34.5 Å². The maximum absolute atomic E-state index is 13.4. The average molecular weight is 478 g/mol. The smallest absolute Gasteiger partial charge is 0.252 e. The SMILES string of the molecule is COc1cc([C@@H](C)NC(=O)c2cc(N3CCN(C)CC3)ccc2C)cc(-c2cnn(C)c2)c1OC. The second-order valence-corrected chi connectivity index (χ2v) is 9.19. The van der Waals surface area contributed by atoms with Gasteiger partial charge in [0.25, 0.3) is 5.91 Å². The lowest BCUT2D eigenvalue weighted by Gasteiger charge is -2.34. The number of benzene rings is 2. The lowest BCUT2D eigenvalue weighted by Crippen LogP contribution is -2.44. The molecule has 186 valence electrons. The van der Waals surface area contributed by atoms with Crippen molar-refractivity contribution in [1.29, 1.82) is 0 Å². The largest absolute Gasteiger partial charge is 0.493 e. The Labute approximate surface area is 207 Å². The Kier molecular flexibility index (Phi) is 7.31. The van der Waals surface area contributed by atoms with Crippen molar-refractivity contribution < 1.29 is 14.3 Å². The van der Waals surface area contributed by atoms with Gasteiger partial charge < -0.3 is 24.6 Å². The molecule has 4 rings (SSSR count). The number of hydrogen-bond acceptors (Lipinski definition) is 6. The van der Waals surface area contributed by atoms with Gasteiger partial charge in [-0.05, 0) is 56.3 Å². The van der Waals surface area contributed by atoms with Gasteiger partial charge in [-0.25, -0.2) is 0 Å². The third-order valence-electron chi connectivity index (χ3n) is 6.70. The number of aromatic nitrogens is 2. The summed E-state index contributed by atoms with van der Waals surface area (Å²) in [5.41, 5.74) is 5.44. The predicted molar refractivity (Wildman–Crippen MR) is 139 cm³/mol. The van der Waals surface area contributed by atoms with Crippen LogP contribution in [0.2, 0.25) is 0 Å². The van der Waals surface area contributed by atoms with Crippen LogP contribution >= 0.6 is 0 Å². The molecule has 3 aromatic rings. The van der Waals surface area contributed by atoms with E-state index in [0.717, 1.165) is 54.1 Å². The molecule has 0 spiro atoms. The molecule has 0 aliphatic carbocycles. The van der Waals surface area contributed by atoms with E-state index < -0.39 is 0 Å². The van der Waals surface area contributed by atoms with Crippen LogP contribution in [0.4, 0.5) is 5.69 Å². The quantitative estimate of drug-likeness (QED) is 0.560. The highest BCUT2D eigenvalue weighted by Crippen LogP contribution is 2.40. The van der Waals surface area contributed by atoms with Gasteiger partial charge >= 0.3 is 0 Å². The summed E-state index contributed by atoms with van der Waals surface area (Å²) in [4.78, 5) is 18.0. The van der Waals surface area contributed by atoms with Crippen molar-refractivity contribution in [1.82, 2.24) is 20.0 Å². The molecule has 1 fully saturated rings. The van der Waals surface area contributed by atoms with Gasteiger partial charge in [0.15, 0.2) is 11.5 Å². The summed E-state index contributed by atoms with van der Waals surface area (Å²) >= 11 is 0. The summed E-state index contributed by atoms with van der Waals surface area (Å²) in [6, 6.07) is 9.84. The summed E-state index contributed by atoms with van der Waals surface area (Å²) < 4.78 is 13.0. The van der Waals surface area contributed by atoms with E-state index in [4.69, 9.17) is 9.47 Å². The first kappa shape index (κ1) is 24.6. The van der Waals surface area contributed by atoms with Crippen molar-refractivity contribution in [2.45, 2.75) is 19.9 Å². The van der Waals surface area contributed by atoms with Crippen LogP contribution in [0.15, 0.2) is 42.7 Å². The highest BCUT2D eigenvalue weighted by Gasteiger charge is 2.21. The standard InChI is InChI=1S/C27H35N5O3/c1-18-7-8-22(32-11-9-30(3)10-12-32)15-23(18)27(33)29-19(2)20-13-24(21-16-28-31(4)17-21)26(35-6)25(14-20)34-5/h7-8,13-17,19H,9-12H2,1-6H3,(H,29,33)/t19-/m1/s1. The Bertz CT molecular complexity index is 1200. The molecule has 1 N–H and O–H groups in total. The molecule has 8 nitrogen and oxygen atoms in total. The van der Waals surface area contributed by atoms with Crippen molar-refractivity contribution in [3.8, 4) is 22.6 Å². The Hall–Kier alpha value is -3.52. The Morgan fingerprint density at radius 2 is 1.80 bits per heavy atom. The number of aryl methyl sites for hydroxylation is 2. The molecule has 2 aromatic carbocycles. The molecular formula is C27H35N5O3. The summed E-state index contributed by atoms with van der Waals surface area (Å²) in [5.74, 6) is 1.15. The fraction of sp³-hybridized carbons (Fsp3) is 0.407. The van der Waals surface area contributed by atoms with Crippen molar-refractivity contribution in [2.75, 3.05) is 52.3 Å². The highest BCUT2D eigenvalue weighted by molar-refractivity contribution is 5.97. The second-order valence-electron chi connectivity index (χ2n) is 9.19. The van der Waals surface area contributed by atoms with Crippen LogP contribution < -0.4 is 19.7 Å². The molecule has 0 saturated carbocycles. The monoisotopic (exact) mass is 477 g/mol. The number of rotatable bonds is 7. The number of amides is 1. The van der Waals surface area contributed by atoms with E-state index >= 15 is 0 Å². The number of ether oxygens (including phenoxy) is 2. The van der Waals surface area contributed by atoms with Gasteiger partial charge in [-0.15, -0.1) is 0 Å². The first-order valence-corrected chi connectivity index (χ1v) is 11.9. The van der Waals surface area contributed by atoms with Crippen LogP contribution in [0.25, 0.3) is 11.1 Å². The van der Waals surface area contributed by atoms with E-state index in [1.807, 2.05) is 51.4 Å². The van der Waals surface area contributed by atoms with E-state index in [9.17, 15) is 4.79 Å². The minimum absolute atomic E-state index is 0.0938. The van der Waals surface area contributed by atoms with Crippen molar-refractivity contribution in [3.05, 3.63) is 59.4 Å². The lowest BCUT2D eigenvalue weighted by atomic mass is 9.99. The number of nitrogens with zero attached hydrogens (tertiary/aromatic N) is 4. The van der Waals surface area contributed by atoms with E-state index in [1.165, 1.54) is 0 Å². The zero-order chi connectivity index (χ0) is 25.1. The van der Waals surface area contributed by atoms with E-state index in [-0.39, 0.29) is 11.9 Å². The summed E-state index contributed by atoms with van der Waals surface area (Å²) in [6.45, 7) is 7.91. The zero-order valence-corrected chi connectivity index (χ0v) is 21.5. The summed E-state index contributed by atoms with van der Waals surface area (Å²) in [7, 11) is 7.25. The molecule has 1 saturated heterocycles. The second kappa shape index (κ2) is 10.4. The van der Waals surface area contributed by atoms with E-state index in [1.54, 1.807) is 25.1 Å². The van der Waals surface area contributed by atoms with Crippen molar-refractivity contribution in [3.63, 3.8) is 0 Å². The number of piperazine rings is 1. The maximum Gasteiger partial charge on any atom is 0.252 e. The fourth-order valence-corrected chi connectivity index (χ4v) is 4.48. The topological polar surface area (TPSA) is 71.9 Å². The number of hydrogen-bond donors (Lipinski definition) is 1. The minimum Gasteiger partial charge on any atom is -0.493 e. The minimum atomic E-state index is -0.246. The molecule has 35 heavy (non-hydrogen) atoms. The van der Waals surface area contributed by atoms with Gasteiger partial charge in [0, 0.05) is 61.8 Å². The zero-order valence-electron chi connectivity index (χ0n) is 21.5. The third kappa shape index (κ3) is 5.27. The normalized spacial score (nSPS) is 15.1. The highest BCUT2D eigenvalue weighted by atomic mass is 16.5. The molecule has 2 heterocycles. The molecule has 1 aromatic heterocycles. The van der Waals surface area contributed by atoms with Crippen LogP contribution in [0.5, 0.6) is 11.5 Å². The molecule has 1 amide bonds. The summed E-state index contributed by atoms with van der Waals surface area (Å²) in [6.07, 6.45) is 3.72. The Balaban J connectivity index is 1.59. The first-order chi connectivity index (χ1) is 16.8. The van der Waals surface area contributed by atoms with Crippen LogP contribution in [0.3, 0.4) is 0 Å². The number of carbonyl (C=O) groups excluding carboxylic acids is 1. The van der Waals surface area contributed by atoms with Gasteiger partial charge in [-0.1, -0.05) is 6.07 Å². The van der Waals surface area contributed by atoms with Crippen molar-refractivity contribution in [2.24, 2.45) is 7.05 Å². The number of anilines is 1. The molecule has 0 bridgehead atoms. The predicted octanol–water partition coefficient (Wildman–Crippen LogP) is 3.66. The van der Waals surface area contributed by atoms with Gasteiger partial charge in [-0.3, -0.25) is 9.48 Å². The number of nitrogens with one attached hydrogen (secondary N) is 1. The van der Waals surface area contributed by atoms with Crippen LogP contribution in [-0.2, 0) is 7.05 Å². The average Bonchev–Trinajstić information content (AvgIpc) is 3.29. The van der Waals surface area contributed by atoms with E-state index in [2.05, 4.69) is 33.3 Å². The van der Waals surface area contributed by atoms with Gasteiger partial charge in [0.2, 0.25) is 0 Å². The molecular weight excluding hydrogens is 442 g/mol. The molecule has 0 radical (unpaired) electrons. The summed E-state index contributed by atoms with van der Waals surface area (Å²) in [5, 5.41) is 7.47. The first-order valence-electron chi connectivity index (χ1n) is 11.9. The number of likely N-dealkylation sites (N-methyl/N-ethyl adjacent to an activating group) is 1. The Morgan fingerprint density at radius 1 is 1.06 bits per heavy atom.